The van der Waals surface area contributed by atoms with E-state index in [4.69, 9.17) is 5.73 Å². The van der Waals surface area contributed by atoms with Crippen molar-refractivity contribution in [1.29, 1.82) is 0 Å². The number of nitrogens with two attached hydrogens (primary N) is 1. The van der Waals surface area contributed by atoms with Crippen molar-refractivity contribution in [3.63, 3.8) is 0 Å². The summed E-state index contributed by atoms with van der Waals surface area (Å²) >= 11 is 0. The van der Waals surface area contributed by atoms with Gasteiger partial charge in [0.05, 0.1) is 12.1 Å². The fourth-order valence-corrected chi connectivity index (χ4v) is 1.82. The van der Waals surface area contributed by atoms with Crippen LogP contribution in [0.5, 0.6) is 5.75 Å². The Labute approximate surface area is 138 Å². The maximum atomic E-state index is 13.7. The zero-order chi connectivity index (χ0) is 14.7. The Morgan fingerprint density at radius 2 is 2.14 bits per heavy atom. The first-order valence-electron chi connectivity index (χ1n) is 6.24. The topological polar surface area (TPSA) is 50.8 Å². The summed E-state index contributed by atoms with van der Waals surface area (Å²) in [5, 5.41) is 0. The van der Waals surface area contributed by atoms with Gasteiger partial charge in [-0.1, -0.05) is 6.07 Å². The van der Waals surface area contributed by atoms with Gasteiger partial charge in [0.15, 0.2) is 5.96 Å². The molecule has 0 aromatic heterocycles. The molecule has 1 saturated carbocycles. The quantitative estimate of drug-likeness (QED) is 0.457. The van der Waals surface area contributed by atoms with Crippen molar-refractivity contribution >= 4 is 29.9 Å². The molecular formula is C13H17F3IN3O. The van der Waals surface area contributed by atoms with Crippen molar-refractivity contribution in [2.24, 2.45) is 10.7 Å². The molecule has 1 aliphatic rings. The van der Waals surface area contributed by atoms with E-state index in [2.05, 4.69) is 9.73 Å². The Bertz CT molecular complexity index is 509. The molecule has 0 atom stereocenters. The molecule has 1 aromatic rings. The maximum Gasteiger partial charge on any atom is 0.387 e. The van der Waals surface area contributed by atoms with Crippen LogP contribution in [-0.4, -0.2) is 30.6 Å². The van der Waals surface area contributed by atoms with E-state index in [0.717, 1.165) is 12.8 Å². The summed E-state index contributed by atoms with van der Waals surface area (Å²) in [4.78, 5) is 5.84. The normalized spacial score (nSPS) is 14.8. The molecule has 1 aliphatic carbocycles. The highest BCUT2D eigenvalue weighted by molar-refractivity contribution is 14.0. The van der Waals surface area contributed by atoms with E-state index in [1.165, 1.54) is 18.2 Å². The summed E-state index contributed by atoms with van der Waals surface area (Å²) < 4.78 is 42.5. The number of alkyl halides is 2. The minimum atomic E-state index is -3.01. The van der Waals surface area contributed by atoms with E-state index in [1.807, 2.05) is 0 Å². The SMILES string of the molecule is CN(C(N)=NCc1c(F)cccc1OC(F)F)C1CC1.I. The van der Waals surface area contributed by atoms with Crippen LogP contribution in [0.1, 0.15) is 18.4 Å². The van der Waals surface area contributed by atoms with Crippen molar-refractivity contribution in [2.45, 2.75) is 32.0 Å². The molecule has 1 fully saturated rings. The van der Waals surface area contributed by atoms with Crippen LogP contribution in [0.15, 0.2) is 23.2 Å². The van der Waals surface area contributed by atoms with Gasteiger partial charge in [-0.3, -0.25) is 0 Å². The monoisotopic (exact) mass is 415 g/mol. The number of nitrogens with zero attached hydrogens (tertiary/aromatic N) is 2. The Morgan fingerprint density at radius 1 is 1.48 bits per heavy atom. The average Bonchev–Trinajstić information content (AvgIpc) is 3.20. The number of hydrogen-bond acceptors (Lipinski definition) is 2. The number of halogens is 4. The van der Waals surface area contributed by atoms with Gasteiger partial charge >= 0.3 is 6.61 Å². The molecule has 4 nitrogen and oxygen atoms in total. The van der Waals surface area contributed by atoms with Crippen LogP contribution in [0.2, 0.25) is 0 Å². The number of guanidine groups is 1. The molecule has 0 radical (unpaired) electrons. The molecule has 0 bridgehead atoms. The summed E-state index contributed by atoms with van der Waals surface area (Å²) in [5.41, 5.74) is 5.74. The molecule has 0 spiro atoms. The van der Waals surface area contributed by atoms with Crippen molar-refractivity contribution in [1.82, 2.24) is 4.90 Å². The molecular weight excluding hydrogens is 398 g/mol. The molecule has 0 saturated heterocycles. The second kappa shape index (κ2) is 7.71. The molecule has 0 amide bonds. The van der Waals surface area contributed by atoms with Crippen LogP contribution >= 0.6 is 24.0 Å². The third-order valence-electron chi connectivity index (χ3n) is 3.15. The van der Waals surface area contributed by atoms with Crippen LogP contribution in [0.3, 0.4) is 0 Å². The van der Waals surface area contributed by atoms with Crippen molar-refractivity contribution < 1.29 is 17.9 Å². The minimum absolute atomic E-state index is 0. The molecule has 21 heavy (non-hydrogen) atoms. The van der Waals surface area contributed by atoms with Crippen LogP contribution < -0.4 is 10.5 Å². The lowest BCUT2D eigenvalue weighted by Gasteiger charge is -2.17. The van der Waals surface area contributed by atoms with E-state index < -0.39 is 12.4 Å². The van der Waals surface area contributed by atoms with Crippen LogP contribution in [0.25, 0.3) is 0 Å². The number of benzene rings is 1. The highest BCUT2D eigenvalue weighted by Gasteiger charge is 2.27. The molecule has 2 N–H and O–H groups in total. The van der Waals surface area contributed by atoms with Gasteiger partial charge in [-0.25, -0.2) is 9.38 Å². The Kier molecular flexibility index (Phi) is 6.56. The van der Waals surface area contributed by atoms with Gasteiger partial charge in [-0.05, 0) is 25.0 Å². The van der Waals surface area contributed by atoms with Crippen molar-refractivity contribution in [2.75, 3.05) is 7.05 Å². The Balaban J connectivity index is 0.00000220. The number of hydrogen-bond donors (Lipinski definition) is 1. The highest BCUT2D eigenvalue weighted by atomic mass is 127. The molecule has 1 aromatic carbocycles. The molecule has 2 rings (SSSR count). The van der Waals surface area contributed by atoms with E-state index in [0.29, 0.717) is 6.04 Å². The summed E-state index contributed by atoms with van der Waals surface area (Å²) in [6.07, 6.45) is 2.10. The lowest BCUT2D eigenvalue weighted by atomic mass is 10.2. The molecule has 0 aliphatic heterocycles. The highest BCUT2D eigenvalue weighted by Crippen LogP contribution is 2.26. The number of ether oxygens (including phenoxy) is 1. The lowest BCUT2D eigenvalue weighted by Crippen LogP contribution is -2.35. The van der Waals surface area contributed by atoms with Crippen LogP contribution in [0, 0.1) is 5.82 Å². The van der Waals surface area contributed by atoms with Crippen molar-refractivity contribution in [3.05, 3.63) is 29.6 Å². The fourth-order valence-electron chi connectivity index (χ4n) is 1.82. The van der Waals surface area contributed by atoms with E-state index in [1.54, 1.807) is 11.9 Å². The minimum Gasteiger partial charge on any atom is -0.434 e. The van der Waals surface area contributed by atoms with Gasteiger partial charge in [-0.2, -0.15) is 8.78 Å². The van der Waals surface area contributed by atoms with E-state index >= 15 is 0 Å². The predicted octanol–water partition coefficient (Wildman–Crippen LogP) is 2.95. The summed E-state index contributed by atoms with van der Waals surface area (Å²) in [6.45, 7) is -3.15. The second-order valence-corrected chi connectivity index (χ2v) is 4.61. The molecule has 0 heterocycles. The van der Waals surface area contributed by atoms with E-state index in [9.17, 15) is 13.2 Å². The Hall–Kier alpha value is -1.19. The van der Waals surface area contributed by atoms with Gasteiger partial charge in [0.2, 0.25) is 0 Å². The standard InChI is InChI=1S/C13H16F3N3O.HI/c1-19(8-5-6-8)13(17)18-7-9-10(14)3-2-4-11(9)20-12(15)16;/h2-4,8,12H,5-7H2,1H3,(H2,17,18);1H. The van der Waals surface area contributed by atoms with E-state index in [-0.39, 0.29) is 47.8 Å². The third-order valence-corrected chi connectivity index (χ3v) is 3.15. The predicted molar refractivity (Wildman–Crippen MR) is 84.6 cm³/mol. The van der Waals surface area contributed by atoms with Gasteiger partial charge in [-0.15, -0.1) is 24.0 Å². The summed E-state index contributed by atoms with van der Waals surface area (Å²) in [7, 11) is 1.80. The number of rotatable bonds is 5. The van der Waals surface area contributed by atoms with Crippen LogP contribution in [-0.2, 0) is 6.54 Å². The van der Waals surface area contributed by atoms with Gasteiger partial charge < -0.3 is 15.4 Å². The lowest BCUT2D eigenvalue weighted by molar-refractivity contribution is -0.0506. The Morgan fingerprint density at radius 3 is 2.71 bits per heavy atom. The summed E-state index contributed by atoms with van der Waals surface area (Å²) in [5.74, 6) is -0.599. The van der Waals surface area contributed by atoms with Gasteiger partial charge in [0.25, 0.3) is 0 Å². The van der Waals surface area contributed by atoms with Gasteiger partial charge in [0, 0.05) is 13.1 Å². The first kappa shape index (κ1) is 17.9. The maximum absolute atomic E-state index is 13.7. The average molecular weight is 415 g/mol. The zero-order valence-corrected chi connectivity index (χ0v) is 13.8. The molecule has 0 unspecified atom stereocenters. The molecule has 118 valence electrons. The second-order valence-electron chi connectivity index (χ2n) is 4.61. The largest absolute Gasteiger partial charge is 0.434 e. The zero-order valence-electron chi connectivity index (χ0n) is 11.4. The summed E-state index contributed by atoms with van der Waals surface area (Å²) in [6, 6.07) is 4.13. The molecule has 8 heteroatoms. The van der Waals surface area contributed by atoms with Crippen molar-refractivity contribution in [3.8, 4) is 5.75 Å². The smallest absolute Gasteiger partial charge is 0.387 e. The van der Waals surface area contributed by atoms with Gasteiger partial charge in [0.1, 0.15) is 11.6 Å². The van der Waals surface area contributed by atoms with Crippen LogP contribution in [0.4, 0.5) is 13.2 Å². The first-order chi connectivity index (χ1) is 9.49. The third kappa shape index (κ3) is 4.94. The first-order valence-corrected chi connectivity index (χ1v) is 6.24. The fraction of sp³-hybridized carbons (Fsp3) is 0.462. The number of aliphatic imine (C=N–C) groups is 1.